The van der Waals surface area contributed by atoms with E-state index >= 15 is 0 Å². The number of nitrogens with zero attached hydrogens (tertiary/aromatic N) is 3. The van der Waals surface area contributed by atoms with E-state index in [0.717, 1.165) is 41.7 Å². The molecule has 3 N–H and O–H groups in total. The molecule has 0 radical (unpaired) electrons. The van der Waals surface area contributed by atoms with Crippen LogP contribution in [0.3, 0.4) is 0 Å². The second-order valence-electron chi connectivity index (χ2n) is 7.77. The number of anilines is 1. The Hall–Kier alpha value is -3.39. The van der Waals surface area contributed by atoms with Gasteiger partial charge in [-0.05, 0) is 43.0 Å². The molecule has 3 aromatic rings. The van der Waals surface area contributed by atoms with Crippen molar-refractivity contribution in [1.82, 2.24) is 20.1 Å². The number of aryl methyl sites for hydroxylation is 1. The smallest absolute Gasteiger partial charge is 0.255 e. The monoisotopic (exact) mass is 421 g/mol. The topological polar surface area (TPSA) is 104 Å². The van der Waals surface area contributed by atoms with Crippen LogP contribution in [0.25, 0.3) is 11.1 Å². The number of nitrogens with two attached hydrogens (primary N) is 1. The highest BCUT2D eigenvalue weighted by molar-refractivity contribution is 5.99. The summed E-state index contributed by atoms with van der Waals surface area (Å²) in [5.41, 5.74) is 9.08. The molecule has 4 rings (SSSR count). The minimum atomic E-state index is -0.238. The first kappa shape index (κ1) is 20.9. The van der Waals surface area contributed by atoms with Crippen LogP contribution in [-0.2, 0) is 18.4 Å². The van der Waals surface area contributed by atoms with Gasteiger partial charge in [0.25, 0.3) is 5.91 Å². The number of ether oxygens (including phenoxy) is 2. The van der Waals surface area contributed by atoms with E-state index < -0.39 is 0 Å². The summed E-state index contributed by atoms with van der Waals surface area (Å²) < 4.78 is 13.1. The maximum absolute atomic E-state index is 13.0. The molecule has 0 bridgehead atoms. The molecule has 162 valence electrons. The van der Waals surface area contributed by atoms with Gasteiger partial charge < -0.3 is 20.5 Å². The van der Waals surface area contributed by atoms with Crippen molar-refractivity contribution >= 4 is 11.7 Å². The van der Waals surface area contributed by atoms with Crippen LogP contribution in [0.1, 0.15) is 35.2 Å². The van der Waals surface area contributed by atoms with Gasteiger partial charge in [-0.15, -0.1) is 0 Å². The SMILES string of the molecule is COc1cccc(CO[C@H]2CCC[C@@H]2NC(=O)c2cc(-c3cnn(C)c3)cnc2N)c1. The molecule has 8 heteroatoms. The van der Waals surface area contributed by atoms with Crippen LogP contribution in [0.5, 0.6) is 5.75 Å². The summed E-state index contributed by atoms with van der Waals surface area (Å²) in [6.45, 7) is 0.467. The normalized spacial score (nSPS) is 18.1. The maximum atomic E-state index is 13.0. The average Bonchev–Trinajstić information content (AvgIpc) is 3.41. The molecule has 1 saturated carbocycles. The molecule has 0 saturated heterocycles. The number of methoxy groups -OCH3 is 1. The summed E-state index contributed by atoms with van der Waals surface area (Å²) >= 11 is 0. The molecule has 1 fully saturated rings. The van der Waals surface area contributed by atoms with Crippen LogP contribution in [0.2, 0.25) is 0 Å². The predicted molar refractivity (Wildman–Crippen MR) is 118 cm³/mol. The quantitative estimate of drug-likeness (QED) is 0.608. The first-order chi connectivity index (χ1) is 15.0. The average molecular weight is 422 g/mol. The number of carbonyl (C=O) groups is 1. The Morgan fingerprint density at radius 3 is 2.90 bits per heavy atom. The van der Waals surface area contributed by atoms with Gasteiger partial charge in [-0.25, -0.2) is 4.98 Å². The molecule has 1 amide bonds. The predicted octanol–water partition coefficient (Wildman–Crippen LogP) is 2.94. The van der Waals surface area contributed by atoms with Crippen molar-refractivity contribution in [1.29, 1.82) is 0 Å². The Balaban J connectivity index is 1.42. The zero-order chi connectivity index (χ0) is 21.8. The van der Waals surface area contributed by atoms with Crippen molar-refractivity contribution in [2.24, 2.45) is 7.05 Å². The van der Waals surface area contributed by atoms with Crippen molar-refractivity contribution in [3.8, 4) is 16.9 Å². The number of pyridine rings is 1. The molecule has 1 aromatic carbocycles. The van der Waals surface area contributed by atoms with E-state index in [1.807, 2.05) is 37.5 Å². The van der Waals surface area contributed by atoms with Crippen LogP contribution in [-0.4, -0.2) is 39.9 Å². The van der Waals surface area contributed by atoms with Gasteiger partial charge in [0.1, 0.15) is 11.6 Å². The van der Waals surface area contributed by atoms with Crippen molar-refractivity contribution in [2.45, 2.75) is 38.0 Å². The van der Waals surface area contributed by atoms with Gasteiger partial charge in [0.15, 0.2) is 0 Å². The fraction of sp³-hybridized carbons (Fsp3) is 0.348. The number of nitrogen functional groups attached to an aromatic ring is 1. The largest absolute Gasteiger partial charge is 0.497 e. The summed E-state index contributed by atoms with van der Waals surface area (Å²) in [6.07, 6.45) is 7.96. The van der Waals surface area contributed by atoms with E-state index in [-0.39, 0.29) is 23.9 Å². The van der Waals surface area contributed by atoms with E-state index in [0.29, 0.717) is 12.2 Å². The Bertz CT molecular complexity index is 1060. The minimum Gasteiger partial charge on any atom is -0.497 e. The number of hydrogen-bond donors (Lipinski definition) is 2. The van der Waals surface area contributed by atoms with Crippen LogP contribution in [0, 0.1) is 0 Å². The molecule has 31 heavy (non-hydrogen) atoms. The molecule has 0 unspecified atom stereocenters. The summed E-state index contributed by atoms with van der Waals surface area (Å²) in [6, 6.07) is 9.49. The Kier molecular flexibility index (Phi) is 6.18. The summed E-state index contributed by atoms with van der Waals surface area (Å²) in [5.74, 6) is 0.767. The fourth-order valence-corrected chi connectivity index (χ4v) is 3.89. The molecule has 2 aromatic heterocycles. The van der Waals surface area contributed by atoms with Crippen molar-refractivity contribution in [3.05, 3.63) is 60.0 Å². The lowest BCUT2D eigenvalue weighted by atomic mass is 10.1. The molecule has 8 nitrogen and oxygen atoms in total. The molecule has 2 heterocycles. The second-order valence-corrected chi connectivity index (χ2v) is 7.77. The lowest BCUT2D eigenvalue weighted by Crippen LogP contribution is -2.41. The van der Waals surface area contributed by atoms with Crippen LogP contribution in [0.4, 0.5) is 5.82 Å². The lowest BCUT2D eigenvalue weighted by molar-refractivity contribution is 0.0271. The number of nitrogens with one attached hydrogen (secondary N) is 1. The molecular weight excluding hydrogens is 394 g/mol. The third kappa shape index (κ3) is 4.86. The maximum Gasteiger partial charge on any atom is 0.255 e. The lowest BCUT2D eigenvalue weighted by Gasteiger charge is -2.22. The number of hydrogen-bond acceptors (Lipinski definition) is 6. The van der Waals surface area contributed by atoms with Crippen molar-refractivity contribution < 1.29 is 14.3 Å². The minimum absolute atomic E-state index is 0.0501. The third-order valence-electron chi connectivity index (χ3n) is 5.57. The zero-order valence-electron chi connectivity index (χ0n) is 17.7. The molecular formula is C23H27N5O3. The van der Waals surface area contributed by atoms with Gasteiger partial charge in [0.2, 0.25) is 0 Å². The molecule has 1 aliphatic rings. The van der Waals surface area contributed by atoms with Gasteiger partial charge in [-0.1, -0.05) is 12.1 Å². The fourth-order valence-electron chi connectivity index (χ4n) is 3.89. The molecule has 2 atom stereocenters. The summed E-state index contributed by atoms with van der Waals surface area (Å²) in [5, 5.41) is 7.27. The Morgan fingerprint density at radius 2 is 2.13 bits per heavy atom. The van der Waals surface area contributed by atoms with Gasteiger partial charge in [-0.3, -0.25) is 9.48 Å². The highest BCUT2D eigenvalue weighted by Gasteiger charge is 2.30. The molecule has 0 aliphatic heterocycles. The van der Waals surface area contributed by atoms with Gasteiger partial charge >= 0.3 is 0 Å². The number of aromatic nitrogens is 3. The van der Waals surface area contributed by atoms with Crippen LogP contribution < -0.4 is 15.8 Å². The standard InChI is InChI=1S/C23H27N5O3/c1-28-13-17(12-26-28)16-10-19(22(24)25-11-16)23(29)27-20-7-4-8-21(20)31-14-15-5-3-6-18(9-15)30-2/h3,5-6,9-13,20-21H,4,7-8,14H2,1-2H3,(H2,24,25)(H,27,29)/t20-,21-/m0/s1. The third-order valence-corrected chi connectivity index (χ3v) is 5.57. The summed E-state index contributed by atoms with van der Waals surface area (Å²) in [7, 11) is 3.49. The number of amides is 1. The van der Waals surface area contributed by atoms with E-state index in [1.54, 1.807) is 30.3 Å². The second kappa shape index (κ2) is 9.18. The van der Waals surface area contributed by atoms with E-state index in [2.05, 4.69) is 15.4 Å². The van der Waals surface area contributed by atoms with Gasteiger partial charge in [0.05, 0.1) is 37.6 Å². The van der Waals surface area contributed by atoms with E-state index in [1.165, 1.54) is 0 Å². The Morgan fingerprint density at radius 1 is 1.26 bits per heavy atom. The van der Waals surface area contributed by atoms with E-state index in [4.69, 9.17) is 15.2 Å². The van der Waals surface area contributed by atoms with E-state index in [9.17, 15) is 4.79 Å². The van der Waals surface area contributed by atoms with Gasteiger partial charge in [-0.2, -0.15) is 5.10 Å². The summed E-state index contributed by atoms with van der Waals surface area (Å²) in [4.78, 5) is 17.2. The van der Waals surface area contributed by atoms with Crippen LogP contribution >= 0.6 is 0 Å². The first-order valence-corrected chi connectivity index (χ1v) is 10.3. The Labute approximate surface area is 181 Å². The molecule has 0 spiro atoms. The van der Waals surface area contributed by atoms with Crippen LogP contribution in [0.15, 0.2) is 48.9 Å². The number of benzene rings is 1. The van der Waals surface area contributed by atoms with Crippen molar-refractivity contribution in [3.63, 3.8) is 0 Å². The zero-order valence-corrected chi connectivity index (χ0v) is 17.7. The highest BCUT2D eigenvalue weighted by atomic mass is 16.5. The first-order valence-electron chi connectivity index (χ1n) is 10.3. The van der Waals surface area contributed by atoms with Crippen molar-refractivity contribution in [2.75, 3.05) is 12.8 Å². The highest BCUT2D eigenvalue weighted by Crippen LogP contribution is 2.26. The number of carbonyl (C=O) groups excluding carboxylic acids is 1. The number of rotatable bonds is 7. The van der Waals surface area contributed by atoms with Gasteiger partial charge in [0, 0.05) is 30.6 Å². The molecule has 1 aliphatic carbocycles.